The van der Waals surface area contributed by atoms with E-state index < -0.39 is 0 Å². The second-order valence-corrected chi connectivity index (χ2v) is 7.81. The van der Waals surface area contributed by atoms with Crippen molar-refractivity contribution in [3.8, 4) is 11.5 Å². The molecular weight excluding hydrogens is 402 g/mol. The first-order valence-electron chi connectivity index (χ1n) is 10.3. The minimum absolute atomic E-state index is 0.229. The topological polar surface area (TPSA) is 72.0 Å². The molecule has 2 amide bonds. The number of hydrazone groups is 1. The van der Waals surface area contributed by atoms with Gasteiger partial charge in [-0.1, -0.05) is 48.6 Å². The third-order valence-corrected chi connectivity index (χ3v) is 5.15. The maximum Gasteiger partial charge on any atom is 0.335 e. The Labute approximate surface area is 182 Å². The molecule has 0 radical (unpaired) electrons. The van der Waals surface area contributed by atoms with Gasteiger partial charge in [0, 0.05) is 16.6 Å². The Morgan fingerprint density at radius 1 is 1.10 bits per heavy atom. The summed E-state index contributed by atoms with van der Waals surface area (Å²) in [5.74, 6) is 1.42. The highest BCUT2D eigenvalue weighted by Crippen LogP contribution is 2.22. The Morgan fingerprint density at radius 2 is 1.83 bits per heavy atom. The number of aryl methyl sites for hydroxylation is 1. The molecule has 0 spiro atoms. The summed E-state index contributed by atoms with van der Waals surface area (Å²) in [5, 5.41) is 7.55. The number of nitrogens with one attached hydrogen (secondary N) is 2. The Kier molecular flexibility index (Phi) is 8.39. The van der Waals surface area contributed by atoms with Crippen molar-refractivity contribution in [3.63, 3.8) is 0 Å². The van der Waals surface area contributed by atoms with Gasteiger partial charge in [-0.3, -0.25) is 0 Å². The van der Waals surface area contributed by atoms with E-state index in [2.05, 4.69) is 15.8 Å². The van der Waals surface area contributed by atoms with Crippen LogP contribution in [0.15, 0.2) is 47.6 Å². The standard InChI is InChI=1S/C23H28ClN3O3/c1-17-7-10-21(11-8-17)29-13-14-30-22-12-9-19(24)15-18(22)16-25-27-23(28)26-20-5-3-2-4-6-20/h7-12,15-16,20H,2-6,13-14H2,1H3,(H2,26,27,28). The van der Waals surface area contributed by atoms with Crippen LogP contribution in [0.4, 0.5) is 4.79 Å². The van der Waals surface area contributed by atoms with Crippen LogP contribution in [-0.4, -0.2) is 31.5 Å². The highest BCUT2D eigenvalue weighted by atomic mass is 35.5. The quantitative estimate of drug-likeness (QED) is 0.349. The maximum atomic E-state index is 12.0. The lowest BCUT2D eigenvalue weighted by atomic mass is 9.96. The molecule has 7 heteroatoms. The zero-order valence-electron chi connectivity index (χ0n) is 17.2. The summed E-state index contributed by atoms with van der Waals surface area (Å²) in [7, 11) is 0. The number of hydrogen-bond donors (Lipinski definition) is 2. The van der Waals surface area contributed by atoms with Crippen molar-refractivity contribution in [2.24, 2.45) is 5.10 Å². The molecule has 6 nitrogen and oxygen atoms in total. The molecule has 0 unspecified atom stereocenters. The number of carbonyl (C=O) groups is 1. The van der Waals surface area contributed by atoms with Crippen molar-refractivity contribution >= 4 is 23.8 Å². The number of hydrogen-bond acceptors (Lipinski definition) is 4. The van der Waals surface area contributed by atoms with Crippen molar-refractivity contribution in [1.29, 1.82) is 0 Å². The molecule has 0 bridgehead atoms. The summed E-state index contributed by atoms with van der Waals surface area (Å²) in [6, 6.07) is 13.1. The van der Waals surface area contributed by atoms with E-state index in [0.717, 1.165) is 31.4 Å². The van der Waals surface area contributed by atoms with Gasteiger partial charge in [-0.15, -0.1) is 0 Å². The lowest BCUT2D eigenvalue weighted by Crippen LogP contribution is -2.41. The highest BCUT2D eigenvalue weighted by molar-refractivity contribution is 6.30. The molecule has 30 heavy (non-hydrogen) atoms. The molecule has 3 rings (SSSR count). The number of rotatable bonds is 8. The molecular formula is C23H28ClN3O3. The molecule has 1 saturated carbocycles. The summed E-state index contributed by atoms with van der Waals surface area (Å²) in [4.78, 5) is 12.0. The maximum absolute atomic E-state index is 12.0. The number of nitrogens with zero attached hydrogens (tertiary/aromatic N) is 1. The van der Waals surface area contributed by atoms with Crippen LogP contribution in [-0.2, 0) is 0 Å². The third kappa shape index (κ3) is 7.26. The fraction of sp³-hybridized carbons (Fsp3) is 0.391. The molecule has 2 N–H and O–H groups in total. The molecule has 160 valence electrons. The highest BCUT2D eigenvalue weighted by Gasteiger charge is 2.15. The Balaban J connectivity index is 1.48. The van der Waals surface area contributed by atoms with Crippen LogP contribution in [0.3, 0.4) is 0 Å². The van der Waals surface area contributed by atoms with Gasteiger partial charge in [0.25, 0.3) is 0 Å². The summed E-state index contributed by atoms with van der Waals surface area (Å²) in [6.07, 6.45) is 7.13. The number of amides is 2. The van der Waals surface area contributed by atoms with Crippen LogP contribution >= 0.6 is 11.6 Å². The van der Waals surface area contributed by atoms with E-state index in [9.17, 15) is 4.79 Å². The van der Waals surface area contributed by atoms with E-state index in [4.69, 9.17) is 21.1 Å². The van der Waals surface area contributed by atoms with Crippen molar-refractivity contribution in [2.45, 2.75) is 45.1 Å². The monoisotopic (exact) mass is 429 g/mol. The molecule has 0 atom stereocenters. The Morgan fingerprint density at radius 3 is 2.60 bits per heavy atom. The van der Waals surface area contributed by atoms with Gasteiger partial charge in [0.2, 0.25) is 0 Å². The average Bonchev–Trinajstić information content (AvgIpc) is 2.74. The minimum Gasteiger partial charge on any atom is -0.490 e. The largest absolute Gasteiger partial charge is 0.490 e. The van der Waals surface area contributed by atoms with Crippen molar-refractivity contribution in [3.05, 3.63) is 58.6 Å². The van der Waals surface area contributed by atoms with Gasteiger partial charge < -0.3 is 14.8 Å². The molecule has 1 fully saturated rings. The van der Waals surface area contributed by atoms with E-state index in [1.165, 1.54) is 18.2 Å². The molecule has 0 aromatic heterocycles. The Hall–Kier alpha value is -2.73. The molecule has 2 aromatic carbocycles. The van der Waals surface area contributed by atoms with Crippen LogP contribution < -0.4 is 20.2 Å². The number of ether oxygens (including phenoxy) is 2. The van der Waals surface area contributed by atoms with Crippen molar-refractivity contribution in [2.75, 3.05) is 13.2 Å². The van der Waals surface area contributed by atoms with E-state index in [0.29, 0.717) is 29.5 Å². The van der Waals surface area contributed by atoms with Gasteiger partial charge >= 0.3 is 6.03 Å². The SMILES string of the molecule is Cc1ccc(OCCOc2ccc(Cl)cc2C=NNC(=O)NC2CCCCC2)cc1. The lowest BCUT2D eigenvalue weighted by molar-refractivity contribution is 0.217. The van der Waals surface area contributed by atoms with Gasteiger partial charge in [-0.25, -0.2) is 10.2 Å². The molecule has 1 aliphatic carbocycles. The normalized spacial score (nSPS) is 14.5. The van der Waals surface area contributed by atoms with Crippen molar-refractivity contribution in [1.82, 2.24) is 10.7 Å². The zero-order chi connectivity index (χ0) is 21.2. The number of carbonyl (C=O) groups excluding carboxylic acids is 1. The second-order valence-electron chi connectivity index (χ2n) is 7.37. The molecule has 1 aliphatic rings. The van der Waals surface area contributed by atoms with E-state index in [1.54, 1.807) is 18.2 Å². The minimum atomic E-state index is -0.297. The zero-order valence-corrected chi connectivity index (χ0v) is 18.0. The summed E-state index contributed by atoms with van der Waals surface area (Å²) in [5.41, 5.74) is 4.38. The van der Waals surface area contributed by atoms with Gasteiger partial charge in [0.15, 0.2) is 0 Å². The smallest absolute Gasteiger partial charge is 0.335 e. The second kappa shape index (κ2) is 11.5. The van der Waals surface area contributed by atoms with Crippen molar-refractivity contribution < 1.29 is 14.3 Å². The summed E-state index contributed by atoms with van der Waals surface area (Å²) >= 11 is 6.10. The van der Waals surface area contributed by atoms with Gasteiger partial charge in [-0.2, -0.15) is 5.10 Å². The van der Waals surface area contributed by atoms with Crippen LogP contribution in [0.25, 0.3) is 0 Å². The number of halogens is 1. The van der Waals surface area contributed by atoms with Crippen LogP contribution in [0.2, 0.25) is 5.02 Å². The first kappa shape index (κ1) is 22.0. The Bertz CT molecular complexity index is 849. The lowest BCUT2D eigenvalue weighted by Gasteiger charge is -2.22. The van der Waals surface area contributed by atoms with Crippen LogP contribution in [0.1, 0.15) is 43.2 Å². The van der Waals surface area contributed by atoms with Gasteiger partial charge in [0.1, 0.15) is 24.7 Å². The summed E-state index contributed by atoms with van der Waals surface area (Å²) in [6.45, 7) is 2.81. The fourth-order valence-electron chi connectivity index (χ4n) is 3.32. The predicted octanol–water partition coefficient (Wildman–Crippen LogP) is 5.07. The van der Waals surface area contributed by atoms with E-state index in [-0.39, 0.29) is 12.1 Å². The van der Waals surface area contributed by atoms with Crippen LogP contribution in [0, 0.1) is 6.92 Å². The van der Waals surface area contributed by atoms with Gasteiger partial charge in [0.05, 0.1) is 6.21 Å². The first-order chi connectivity index (χ1) is 14.6. The van der Waals surface area contributed by atoms with E-state index >= 15 is 0 Å². The van der Waals surface area contributed by atoms with Crippen LogP contribution in [0.5, 0.6) is 11.5 Å². The molecule has 2 aromatic rings. The number of urea groups is 1. The average molecular weight is 430 g/mol. The molecule has 0 heterocycles. The molecule has 0 saturated heterocycles. The molecule has 0 aliphatic heterocycles. The third-order valence-electron chi connectivity index (χ3n) is 4.91. The summed E-state index contributed by atoms with van der Waals surface area (Å²) < 4.78 is 11.5. The van der Waals surface area contributed by atoms with E-state index in [1.807, 2.05) is 31.2 Å². The van der Waals surface area contributed by atoms with Gasteiger partial charge in [-0.05, 0) is 50.1 Å². The number of benzene rings is 2. The first-order valence-corrected chi connectivity index (χ1v) is 10.7. The fourth-order valence-corrected chi connectivity index (χ4v) is 3.50. The predicted molar refractivity (Wildman–Crippen MR) is 120 cm³/mol.